The quantitative estimate of drug-likeness (QED) is 0.618. The van der Waals surface area contributed by atoms with Gasteiger partial charge >= 0.3 is 0 Å². The molecular weight excluding hydrogens is 405 g/mol. The maximum Gasteiger partial charge on any atom is 0.273 e. The SMILES string of the molecule is Cc1nc(C2CCCN2C(=O)c2ccccn2)nc2c1CCCN2Cc1ccc(F)cc1. The molecule has 2 aromatic heterocycles. The van der Waals surface area contributed by atoms with Gasteiger partial charge in [0.15, 0.2) is 5.82 Å². The van der Waals surface area contributed by atoms with E-state index in [1.165, 1.54) is 17.7 Å². The number of carbonyl (C=O) groups is 1. The van der Waals surface area contributed by atoms with Crippen LogP contribution in [0.1, 0.15) is 58.4 Å². The number of aromatic nitrogens is 3. The van der Waals surface area contributed by atoms with E-state index in [0.29, 0.717) is 24.6 Å². The first-order valence-electron chi connectivity index (χ1n) is 11.2. The second-order valence-electron chi connectivity index (χ2n) is 8.49. The van der Waals surface area contributed by atoms with Crippen LogP contribution < -0.4 is 4.90 Å². The summed E-state index contributed by atoms with van der Waals surface area (Å²) in [6, 6.07) is 11.9. The van der Waals surface area contributed by atoms with Crippen molar-refractivity contribution in [2.45, 2.75) is 45.2 Å². The zero-order valence-electron chi connectivity index (χ0n) is 18.2. The van der Waals surface area contributed by atoms with Crippen LogP contribution in [0.4, 0.5) is 10.2 Å². The predicted octanol–water partition coefficient (Wildman–Crippen LogP) is 4.25. The van der Waals surface area contributed by atoms with Crippen LogP contribution >= 0.6 is 0 Å². The van der Waals surface area contributed by atoms with Crippen LogP contribution in [-0.2, 0) is 13.0 Å². The molecule has 3 aromatic rings. The molecule has 6 nitrogen and oxygen atoms in total. The summed E-state index contributed by atoms with van der Waals surface area (Å²) in [7, 11) is 0. The summed E-state index contributed by atoms with van der Waals surface area (Å²) in [6.45, 7) is 4.27. The fourth-order valence-corrected chi connectivity index (χ4v) is 4.74. The first-order chi connectivity index (χ1) is 15.6. The monoisotopic (exact) mass is 431 g/mol. The molecule has 0 aliphatic carbocycles. The molecule has 2 aliphatic rings. The highest BCUT2D eigenvalue weighted by molar-refractivity contribution is 5.92. The molecule has 4 heterocycles. The maximum atomic E-state index is 13.3. The van der Waals surface area contributed by atoms with Gasteiger partial charge in [-0.2, -0.15) is 0 Å². The number of benzene rings is 1. The summed E-state index contributed by atoms with van der Waals surface area (Å²) in [5.41, 5.74) is 3.64. The van der Waals surface area contributed by atoms with E-state index in [9.17, 15) is 9.18 Å². The van der Waals surface area contributed by atoms with Crippen molar-refractivity contribution in [2.24, 2.45) is 0 Å². The molecule has 32 heavy (non-hydrogen) atoms. The van der Waals surface area contributed by atoms with Crippen LogP contribution in [-0.4, -0.2) is 38.8 Å². The number of hydrogen-bond acceptors (Lipinski definition) is 5. The van der Waals surface area contributed by atoms with Crippen LogP contribution in [0.5, 0.6) is 0 Å². The highest BCUT2D eigenvalue weighted by Gasteiger charge is 2.34. The van der Waals surface area contributed by atoms with Crippen molar-refractivity contribution >= 4 is 11.7 Å². The number of likely N-dealkylation sites (tertiary alicyclic amines) is 1. The molecule has 1 atom stereocenters. The topological polar surface area (TPSA) is 62.2 Å². The molecule has 1 fully saturated rings. The number of fused-ring (bicyclic) bond motifs is 1. The van der Waals surface area contributed by atoms with E-state index in [-0.39, 0.29) is 17.8 Å². The first kappa shape index (κ1) is 20.5. The zero-order valence-corrected chi connectivity index (χ0v) is 18.2. The lowest BCUT2D eigenvalue weighted by Gasteiger charge is -2.32. The van der Waals surface area contributed by atoms with Crippen LogP contribution in [0.3, 0.4) is 0 Å². The number of halogens is 1. The fourth-order valence-electron chi connectivity index (χ4n) is 4.74. The van der Waals surface area contributed by atoms with Gasteiger partial charge in [0.1, 0.15) is 17.3 Å². The number of anilines is 1. The molecule has 0 bridgehead atoms. The van der Waals surface area contributed by atoms with E-state index in [2.05, 4.69) is 9.88 Å². The van der Waals surface area contributed by atoms with Gasteiger partial charge in [0.2, 0.25) is 0 Å². The summed E-state index contributed by atoms with van der Waals surface area (Å²) in [5.74, 6) is 1.34. The summed E-state index contributed by atoms with van der Waals surface area (Å²) in [6.07, 6.45) is 5.38. The Morgan fingerprint density at radius 2 is 1.94 bits per heavy atom. The third-order valence-corrected chi connectivity index (χ3v) is 6.35. The Hall–Kier alpha value is -3.35. The summed E-state index contributed by atoms with van der Waals surface area (Å²) in [4.78, 5) is 31.3. The van der Waals surface area contributed by atoms with E-state index in [1.54, 1.807) is 12.3 Å². The Bertz CT molecular complexity index is 1120. The summed E-state index contributed by atoms with van der Waals surface area (Å²) >= 11 is 0. The van der Waals surface area contributed by atoms with Crippen LogP contribution in [0, 0.1) is 12.7 Å². The van der Waals surface area contributed by atoms with E-state index in [1.807, 2.05) is 36.1 Å². The van der Waals surface area contributed by atoms with E-state index < -0.39 is 0 Å². The molecule has 1 aromatic carbocycles. The average molecular weight is 432 g/mol. The molecule has 5 rings (SSSR count). The minimum atomic E-state index is -0.229. The van der Waals surface area contributed by atoms with Gasteiger partial charge in [-0.25, -0.2) is 14.4 Å². The van der Waals surface area contributed by atoms with Crippen molar-refractivity contribution in [3.05, 3.63) is 82.8 Å². The van der Waals surface area contributed by atoms with Gasteiger partial charge in [-0.3, -0.25) is 9.78 Å². The van der Waals surface area contributed by atoms with E-state index in [0.717, 1.165) is 49.3 Å². The normalized spacial score (nSPS) is 18.0. The van der Waals surface area contributed by atoms with Crippen molar-refractivity contribution in [3.8, 4) is 0 Å². The van der Waals surface area contributed by atoms with Crippen LogP contribution in [0.15, 0.2) is 48.7 Å². The lowest BCUT2D eigenvalue weighted by Crippen LogP contribution is -2.34. The van der Waals surface area contributed by atoms with Crippen molar-refractivity contribution in [1.29, 1.82) is 0 Å². The molecule has 0 radical (unpaired) electrons. The van der Waals surface area contributed by atoms with E-state index >= 15 is 0 Å². The average Bonchev–Trinajstić information content (AvgIpc) is 3.31. The third kappa shape index (κ3) is 3.95. The van der Waals surface area contributed by atoms with Crippen molar-refractivity contribution in [1.82, 2.24) is 19.9 Å². The highest BCUT2D eigenvalue weighted by Crippen LogP contribution is 2.35. The molecule has 0 spiro atoms. The molecule has 164 valence electrons. The lowest BCUT2D eigenvalue weighted by molar-refractivity contribution is 0.0723. The number of nitrogens with zero attached hydrogens (tertiary/aromatic N) is 5. The standard InChI is InChI=1S/C25H26FN5O/c1-17-20-6-4-14-30(16-18-9-11-19(26)12-10-18)24(20)29-23(28-17)22-8-5-15-31(22)25(32)21-7-2-3-13-27-21/h2-3,7,9-13,22H,4-6,8,14-16H2,1H3. The van der Waals surface area contributed by atoms with Gasteiger partial charge < -0.3 is 9.80 Å². The van der Waals surface area contributed by atoms with Crippen molar-refractivity contribution < 1.29 is 9.18 Å². The van der Waals surface area contributed by atoms with Crippen molar-refractivity contribution in [3.63, 3.8) is 0 Å². The Labute approximate surface area is 187 Å². The molecule has 0 N–H and O–H groups in total. The minimum Gasteiger partial charge on any atom is -0.352 e. The molecule has 2 aliphatic heterocycles. The maximum absolute atomic E-state index is 13.3. The fraction of sp³-hybridized carbons (Fsp3) is 0.360. The van der Waals surface area contributed by atoms with Gasteiger partial charge in [-0.1, -0.05) is 18.2 Å². The summed E-state index contributed by atoms with van der Waals surface area (Å²) in [5, 5.41) is 0. The Morgan fingerprint density at radius 3 is 2.72 bits per heavy atom. The van der Waals surface area contributed by atoms with Crippen molar-refractivity contribution in [2.75, 3.05) is 18.0 Å². The van der Waals surface area contributed by atoms with Gasteiger partial charge in [0, 0.05) is 37.1 Å². The van der Waals surface area contributed by atoms with Crippen LogP contribution in [0.25, 0.3) is 0 Å². The number of pyridine rings is 1. The number of amides is 1. The predicted molar refractivity (Wildman–Crippen MR) is 120 cm³/mol. The van der Waals surface area contributed by atoms with E-state index in [4.69, 9.17) is 9.97 Å². The Morgan fingerprint density at radius 1 is 1.09 bits per heavy atom. The zero-order chi connectivity index (χ0) is 22.1. The Balaban J connectivity index is 1.46. The molecular formula is C25H26FN5O. The first-order valence-corrected chi connectivity index (χ1v) is 11.2. The molecule has 1 amide bonds. The molecule has 1 unspecified atom stereocenters. The number of hydrogen-bond donors (Lipinski definition) is 0. The second kappa shape index (κ2) is 8.65. The minimum absolute atomic E-state index is 0.0738. The van der Waals surface area contributed by atoms with Gasteiger partial charge in [-0.05, 0) is 62.4 Å². The lowest BCUT2D eigenvalue weighted by atomic mass is 10.0. The second-order valence-corrected chi connectivity index (χ2v) is 8.49. The van der Waals surface area contributed by atoms with Gasteiger partial charge in [-0.15, -0.1) is 0 Å². The largest absolute Gasteiger partial charge is 0.352 e. The van der Waals surface area contributed by atoms with Gasteiger partial charge in [0.25, 0.3) is 5.91 Å². The highest BCUT2D eigenvalue weighted by atomic mass is 19.1. The summed E-state index contributed by atoms with van der Waals surface area (Å²) < 4.78 is 13.3. The number of carbonyl (C=O) groups excluding carboxylic acids is 1. The molecule has 1 saturated heterocycles. The molecule has 7 heteroatoms. The van der Waals surface area contributed by atoms with Gasteiger partial charge in [0.05, 0.1) is 6.04 Å². The Kier molecular flexibility index (Phi) is 5.55. The number of aryl methyl sites for hydroxylation is 1. The van der Waals surface area contributed by atoms with Crippen LogP contribution in [0.2, 0.25) is 0 Å². The number of rotatable bonds is 4. The molecule has 0 saturated carbocycles. The third-order valence-electron chi connectivity index (χ3n) is 6.35. The smallest absolute Gasteiger partial charge is 0.273 e.